The number of guanidine groups is 1. The van der Waals surface area contributed by atoms with Gasteiger partial charge in [0.25, 0.3) is 0 Å². The normalized spacial score (nSPS) is 21.4. The molecule has 0 bridgehead atoms. The second kappa shape index (κ2) is 7.68. The molecule has 0 aromatic carbocycles. The molecule has 0 amide bonds. The first kappa shape index (κ1) is 17.6. The Hall–Kier alpha value is -0.760. The number of hydrogen-bond acceptors (Lipinski definition) is 3. The molecular weight excluding hydrogens is 393 g/mol. The molecule has 5 nitrogen and oxygen atoms in total. The molecule has 0 radical (unpaired) electrons. The van der Waals surface area contributed by atoms with Gasteiger partial charge in [0.2, 0.25) is 0 Å². The highest BCUT2D eigenvalue weighted by molar-refractivity contribution is 14.0. The molecule has 1 aliphatic heterocycles. The molecule has 1 atom stereocenters. The van der Waals surface area contributed by atoms with Crippen LogP contribution in [0.3, 0.4) is 0 Å². The van der Waals surface area contributed by atoms with Gasteiger partial charge in [0.1, 0.15) is 11.9 Å². The summed E-state index contributed by atoms with van der Waals surface area (Å²) in [6.07, 6.45) is 6.27. The Kier molecular flexibility index (Phi) is 6.14. The molecule has 2 aliphatic rings. The van der Waals surface area contributed by atoms with E-state index < -0.39 is 6.10 Å². The number of aliphatic imine (C=N–C) groups is 1. The van der Waals surface area contributed by atoms with Crippen LogP contribution in [0.1, 0.15) is 44.5 Å². The van der Waals surface area contributed by atoms with Crippen molar-refractivity contribution >= 4 is 29.9 Å². The highest BCUT2D eigenvalue weighted by Gasteiger charge is 2.43. The van der Waals surface area contributed by atoms with Gasteiger partial charge in [0.15, 0.2) is 5.96 Å². The highest BCUT2D eigenvalue weighted by atomic mass is 127. The minimum Gasteiger partial charge on any atom is -0.467 e. The summed E-state index contributed by atoms with van der Waals surface area (Å²) < 4.78 is 5.22. The van der Waals surface area contributed by atoms with Crippen LogP contribution in [-0.4, -0.2) is 42.1 Å². The van der Waals surface area contributed by atoms with Gasteiger partial charge in [-0.2, -0.15) is 0 Å². The summed E-state index contributed by atoms with van der Waals surface area (Å²) in [5, 5.41) is 13.4. The number of nitrogens with zero attached hydrogens (tertiary/aromatic N) is 2. The first-order valence-electron chi connectivity index (χ1n) is 7.97. The molecule has 1 spiro atoms. The molecule has 2 N–H and O–H groups in total. The van der Waals surface area contributed by atoms with Crippen LogP contribution in [0.4, 0.5) is 0 Å². The van der Waals surface area contributed by atoms with Gasteiger partial charge in [0, 0.05) is 19.6 Å². The number of hydrogen-bond donors (Lipinski definition) is 2. The number of aliphatic hydroxyl groups is 1. The average Bonchev–Trinajstić information content (AvgIpc) is 3.10. The Balaban J connectivity index is 0.00000176. The Morgan fingerprint density at radius 2 is 2.32 bits per heavy atom. The first-order valence-corrected chi connectivity index (χ1v) is 7.97. The van der Waals surface area contributed by atoms with Crippen molar-refractivity contribution in [2.75, 3.05) is 26.2 Å². The minimum absolute atomic E-state index is 0. The number of halogens is 1. The fourth-order valence-electron chi connectivity index (χ4n) is 3.37. The van der Waals surface area contributed by atoms with Crippen LogP contribution in [-0.2, 0) is 0 Å². The van der Waals surface area contributed by atoms with Crippen LogP contribution in [0, 0.1) is 5.41 Å². The lowest BCUT2D eigenvalue weighted by Crippen LogP contribution is -2.42. The SMILES string of the molecule is CCNC(=NCC(O)c1ccco1)N1CCC2(CCC2)C1.I. The third kappa shape index (κ3) is 3.76. The summed E-state index contributed by atoms with van der Waals surface area (Å²) in [7, 11) is 0. The second-order valence-electron chi connectivity index (χ2n) is 6.25. The molecule has 1 aromatic rings. The van der Waals surface area contributed by atoms with Crippen LogP contribution < -0.4 is 5.32 Å². The van der Waals surface area contributed by atoms with Crippen LogP contribution in [0.15, 0.2) is 27.8 Å². The molecule has 22 heavy (non-hydrogen) atoms. The van der Waals surface area contributed by atoms with Crippen molar-refractivity contribution in [1.82, 2.24) is 10.2 Å². The fourth-order valence-corrected chi connectivity index (χ4v) is 3.37. The lowest BCUT2D eigenvalue weighted by atomic mass is 9.68. The number of furan rings is 1. The maximum Gasteiger partial charge on any atom is 0.194 e. The van der Waals surface area contributed by atoms with E-state index in [2.05, 4.69) is 22.1 Å². The second-order valence-corrected chi connectivity index (χ2v) is 6.25. The zero-order valence-electron chi connectivity index (χ0n) is 13.1. The molecular formula is C16H26IN3O2. The fraction of sp³-hybridized carbons (Fsp3) is 0.688. The van der Waals surface area contributed by atoms with Crippen LogP contribution in [0.25, 0.3) is 0 Å². The van der Waals surface area contributed by atoms with Gasteiger partial charge in [-0.15, -0.1) is 24.0 Å². The van der Waals surface area contributed by atoms with E-state index in [1.807, 2.05) is 0 Å². The Bertz CT molecular complexity index is 486. The molecule has 2 fully saturated rings. The van der Waals surface area contributed by atoms with Crippen molar-refractivity contribution in [3.63, 3.8) is 0 Å². The summed E-state index contributed by atoms with van der Waals surface area (Å²) in [6, 6.07) is 3.57. The van der Waals surface area contributed by atoms with Crippen LogP contribution >= 0.6 is 24.0 Å². The van der Waals surface area contributed by atoms with E-state index in [0.29, 0.717) is 17.7 Å². The van der Waals surface area contributed by atoms with Gasteiger partial charge >= 0.3 is 0 Å². The van der Waals surface area contributed by atoms with Crippen LogP contribution in [0.2, 0.25) is 0 Å². The third-order valence-electron chi connectivity index (χ3n) is 4.77. The minimum atomic E-state index is -0.672. The van der Waals surface area contributed by atoms with Gasteiger partial charge in [0.05, 0.1) is 12.8 Å². The zero-order chi connectivity index (χ0) is 14.7. The number of aliphatic hydroxyl groups excluding tert-OH is 1. The van der Waals surface area contributed by atoms with E-state index in [9.17, 15) is 5.11 Å². The van der Waals surface area contributed by atoms with Crippen molar-refractivity contribution < 1.29 is 9.52 Å². The van der Waals surface area contributed by atoms with E-state index in [1.165, 1.54) is 25.7 Å². The summed E-state index contributed by atoms with van der Waals surface area (Å²) in [6.45, 7) is 5.44. The first-order chi connectivity index (χ1) is 10.2. The number of rotatable bonds is 4. The molecule has 1 saturated carbocycles. The van der Waals surface area contributed by atoms with Gasteiger partial charge in [-0.25, -0.2) is 4.99 Å². The highest BCUT2D eigenvalue weighted by Crippen LogP contribution is 2.47. The van der Waals surface area contributed by atoms with Gasteiger partial charge < -0.3 is 19.7 Å². The molecule has 2 heterocycles. The predicted octanol–water partition coefficient (Wildman–Crippen LogP) is 2.77. The lowest BCUT2D eigenvalue weighted by molar-refractivity contribution is 0.150. The largest absolute Gasteiger partial charge is 0.467 e. The Morgan fingerprint density at radius 3 is 2.86 bits per heavy atom. The van der Waals surface area contributed by atoms with E-state index in [-0.39, 0.29) is 24.0 Å². The summed E-state index contributed by atoms with van der Waals surface area (Å²) in [4.78, 5) is 6.94. The van der Waals surface area contributed by atoms with Crippen molar-refractivity contribution in [2.45, 2.75) is 38.7 Å². The smallest absolute Gasteiger partial charge is 0.194 e. The van der Waals surface area contributed by atoms with Gasteiger partial charge in [-0.3, -0.25) is 0 Å². The Morgan fingerprint density at radius 1 is 1.50 bits per heavy atom. The quantitative estimate of drug-likeness (QED) is 0.448. The maximum absolute atomic E-state index is 10.1. The monoisotopic (exact) mass is 419 g/mol. The topological polar surface area (TPSA) is 61.0 Å². The molecule has 3 rings (SSSR count). The molecule has 1 aromatic heterocycles. The molecule has 1 aliphatic carbocycles. The third-order valence-corrected chi connectivity index (χ3v) is 4.77. The van der Waals surface area contributed by atoms with E-state index >= 15 is 0 Å². The molecule has 6 heteroatoms. The zero-order valence-corrected chi connectivity index (χ0v) is 15.5. The number of likely N-dealkylation sites (tertiary alicyclic amines) is 1. The van der Waals surface area contributed by atoms with E-state index in [4.69, 9.17) is 4.42 Å². The summed E-state index contributed by atoms with van der Waals surface area (Å²) >= 11 is 0. The van der Waals surface area contributed by atoms with E-state index in [0.717, 1.165) is 25.6 Å². The Labute approximate surface area is 149 Å². The summed E-state index contributed by atoms with van der Waals surface area (Å²) in [5.74, 6) is 1.50. The van der Waals surface area contributed by atoms with Gasteiger partial charge in [-0.1, -0.05) is 6.42 Å². The standard InChI is InChI=1S/C16H25N3O2.HI/c1-2-17-15(18-11-13(20)14-5-3-10-21-14)19-9-8-16(12-19)6-4-7-16;/h3,5,10,13,20H,2,4,6-9,11-12H2,1H3,(H,17,18);1H. The van der Waals surface area contributed by atoms with Crippen LogP contribution in [0.5, 0.6) is 0 Å². The molecule has 124 valence electrons. The van der Waals surface area contributed by atoms with Crippen molar-refractivity contribution in [1.29, 1.82) is 0 Å². The van der Waals surface area contributed by atoms with Crippen molar-refractivity contribution in [3.8, 4) is 0 Å². The van der Waals surface area contributed by atoms with Gasteiger partial charge in [-0.05, 0) is 43.7 Å². The van der Waals surface area contributed by atoms with Crippen molar-refractivity contribution in [3.05, 3.63) is 24.2 Å². The predicted molar refractivity (Wildman–Crippen MR) is 97.5 cm³/mol. The average molecular weight is 419 g/mol. The van der Waals surface area contributed by atoms with E-state index in [1.54, 1.807) is 18.4 Å². The number of nitrogens with one attached hydrogen (secondary N) is 1. The summed E-state index contributed by atoms with van der Waals surface area (Å²) in [5.41, 5.74) is 0.551. The molecule has 1 saturated heterocycles. The van der Waals surface area contributed by atoms with Crippen molar-refractivity contribution in [2.24, 2.45) is 10.4 Å². The maximum atomic E-state index is 10.1. The molecule has 1 unspecified atom stereocenters. The lowest BCUT2D eigenvalue weighted by Gasteiger charge is -2.38.